The zero-order chi connectivity index (χ0) is 20.4. The van der Waals surface area contributed by atoms with Gasteiger partial charge in [0.1, 0.15) is 0 Å². The molecule has 2 aromatic heterocycles. The maximum atomic E-state index is 13.9. The summed E-state index contributed by atoms with van der Waals surface area (Å²) in [5.41, 5.74) is -0.351. The number of fused-ring (bicyclic) bond motifs is 1. The van der Waals surface area contributed by atoms with Crippen LogP contribution in [0, 0.1) is 17.5 Å². The number of nitrogens with one attached hydrogen (secondary N) is 1. The number of nitrogens with zero attached hydrogens (tertiary/aromatic N) is 3. The molecule has 9 heteroatoms. The Morgan fingerprint density at radius 1 is 1.07 bits per heavy atom. The van der Waals surface area contributed by atoms with E-state index in [2.05, 4.69) is 10.3 Å². The summed E-state index contributed by atoms with van der Waals surface area (Å²) in [6, 6.07) is 6.51. The predicted molar refractivity (Wildman–Crippen MR) is 96.7 cm³/mol. The van der Waals surface area contributed by atoms with E-state index in [0.29, 0.717) is 24.7 Å². The molecule has 1 N–H and O–H groups in total. The maximum absolute atomic E-state index is 13.9. The zero-order valence-corrected chi connectivity index (χ0v) is 15.2. The molecular weight excluding hydrogens is 373 g/mol. The third kappa shape index (κ3) is 3.30. The van der Waals surface area contributed by atoms with Crippen molar-refractivity contribution in [3.05, 3.63) is 65.5 Å². The first-order chi connectivity index (χ1) is 13.4. The van der Waals surface area contributed by atoms with Gasteiger partial charge in [-0.25, -0.2) is 18.2 Å². The van der Waals surface area contributed by atoms with Gasteiger partial charge in [0, 0.05) is 19.3 Å². The number of amides is 2. The van der Waals surface area contributed by atoms with Crippen LogP contribution in [0.4, 0.5) is 18.9 Å². The molecular formula is C19H17F3N4O2. The van der Waals surface area contributed by atoms with Crippen molar-refractivity contribution in [1.29, 1.82) is 0 Å². The summed E-state index contributed by atoms with van der Waals surface area (Å²) in [5, 5.41) is 2.17. The van der Waals surface area contributed by atoms with Crippen LogP contribution in [0.2, 0.25) is 0 Å². The van der Waals surface area contributed by atoms with Crippen LogP contribution in [0.15, 0.2) is 36.5 Å². The van der Waals surface area contributed by atoms with Crippen LogP contribution >= 0.6 is 0 Å². The average Bonchev–Trinajstić information content (AvgIpc) is 3.09. The largest absolute Gasteiger partial charge is 0.337 e. The van der Waals surface area contributed by atoms with Crippen molar-refractivity contribution in [2.75, 3.05) is 18.4 Å². The molecule has 0 bridgehead atoms. The highest BCUT2D eigenvalue weighted by Crippen LogP contribution is 2.22. The molecule has 3 rings (SSSR count). The number of imidazole rings is 1. The van der Waals surface area contributed by atoms with Gasteiger partial charge in [0.2, 0.25) is 5.82 Å². The Hall–Kier alpha value is -3.36. The third-order valence-corrected chi connectivity index (χ3v) is 4.29. The van der Waals surface area contributed by atoms with E-state index in [0.717, 1.165) is 6.07 Å². The van der Waals surface area contributed by atoms with Gasteiger partial charge < -0.3 is 10.2 Å². The highest BCUT2D eigenvalue weighted by atomic mass is 19.2. The molecule has 0 unspecified atom stereocenters. The number of carbonyl (C=O) groups excluding carboxylic acids is 2. The Kier molecular flexibility index (Phi) is 5.34. The minimum Gasteiger partial charge on any atom is -0.337 e. The van der Waals surface area contributed by atoms with Crippen LogP contribution in [0.5, 0.6) is 0 Å². The maximum Gasteiger partial charge on any atom is 0.290 e. The molecule has 0 fully saturated rings. The monoisotopic (exact) mass is 390 g/mol. The van der Waals surface area contributed by atoms with Gasteiger partial charge in [-0.15, -0.1) is 0 Å². The van der Waals surface area contributed by atoms with Gasteiger partial charge in [-0.2, -0.15) is 0 Å². The van der Waals surface area contributed by atoms with Gasteiger partial charge in [-0.3, -0.25) is 14.0 Å². The second-order valence-electron chi connectivity index (χ2n) is 5.89. The van der Waals surface area contributed by atoms with Crippen molar-refractivity contribution in [3.63, 3.8) is 0 Å². The van der Waals surface area contributed by atoms with E-state index in [9.17, 15) is 22.8 Å². The van der Waals surface area contributed by atoms with E-state index in [1.807, 2.05) is 13.8 Å². The van der Waals surface area contributed by atoms with Crippen LogP contribution in [0.1, 0.15) is 35.0 Å². The number of anilines is 1. The molecule has 1 aromatic carbocycles. The number of benzene rings is 1. The van der Waals surface area contributed by atoms with Crippen LogP contribution in [0.25, 0.3) is 5.52 Å². The molecule has 2 heterocycles. The molecule has 2 amide bonds. The molecule has 0 spiro atoms. The van der Waals surface area contributed by atoms with E-state index >= 15 is 0 Å². The van der Waals surface area contributed by atoms with Crippen molar-refractivity contribution in [2.45, 2.75) is 13.8 Å². The van der Waals surface area contributed by atoms with Crippen LogP contribution in [-0.4, -0.2) is 39.2 Å². The lowest BCUT2D eigenvalue weighted by molar-refractivity contribution is 0.0760. The first-order valence-corrected chi connectivity index (χ1v) is 8.60. The Bertz CT molecular complexity index is 1060. The summed E-state index contributed by atoms with van der Waals surface area (Å²) in [7, 11) is 0. The van der Waals surface area contributed by atoms with Gasteiger partial charge in [-0.05, 0) is 38.1 Å². The topological polar surface area (TPSA) is 66.7 Å². The van der Waals surface area contributed by atoms with Gasteiger partial charge in [0.05, 0.1) is 11.2 Å². The van der Waals surface area contributed by atoms with E-state index in [1.54, 1.807) is 29.3 Å². The fourth-order valence-corrected chi connectivity index (χ4v) is 2.81. The SMILES string of the molecule is CCN(CC)C(=O)c1nc(C(=O)Nc2ccc(F)c(F)c2F)c2ccccn12. The Morgan fingerprint density at radius 3 is 2.46 bits per heavy atom. The molecule has 6 nitrogen and oxygen atoms in total. The second-order valence-corrected chi connectivity index (χ2v) is 5.89. The lowest BCUT2D eigenvalue weighted by atomic mass is 10.2. The molecule has 0 saturated carbocycles. The number of hydrogen-bond donors (Lipinski definition) is 1. The molecule has 0 aliphatic rings. The second kappa shape index (κ2) is 7.71. The fourth-order valence-electron chi connectivity index (χ4n) is 2.81. The molecule has 146 valence electrons. The minimum atomic E-state index is -1.69. The summed E-state index contributed by atoms with van der Waals surface area (Å²) in [4.78, 5) is 31.0. The zero-order valence-electron chi connectivity index (χ0n) is 15.2. The normalized spacial score (nSPS) is 10.9. The van der Waals surface area contributed by atoms with E-state index < -0.39 is 29.0 Å². The van der Waals surface area contributed by atoms with E-state index in [4.69, 9.17) is 0 Å². The number of pyridine rings is 1. The molecule has 0 aliphatic carbocycles. The van der Waals surface area contributed by atoms with E-state index in [1.165, 1.54) is 4.40 Å². The van der Waals surface area contributed by atoms with Crippen molar-refractivity contribution in [2.24, 2.45) is 0 Å². The Morgan fingerprint density at radius 2 is 1.79 bits per heavy atom. The molecule has 0 radical (unpaired) electrons. The van der Waals surface area contributed by atoms with Crippen molar-refractivity contribution >= 4 is 23.0 Å². The smallest absolute Gasteiger partial charge is 0.290 e. The number of aromatic nitrogens is 2. The van der Waals surface area contributed by atoms with Gasteiger partial charge in [-0.1, -0.05) is 6.07 Å². The first-order valence-electron chi connectivity index (χ1n) is 8.60. The van der Waals surface area contributed by atoms with Gasteiger partial charge in [0.25, 0.3) is 11.8 Å². The van der Waals surface area contributed by atoms with E-state index in [-0.39, 0.29) is 17.4 Å². The first kappa shape index (κ1) is 19.4. The Balaban J connectivity index is 2.03. The van der Waals surface area contributed by atoms with Crippen LogP contribution in [-0.2, 0) is 0 Å². The lowest BCUT2D eigenvalue weighted by Gasteiger charge is -2.17. The predicted octanol–water partition coefficient (Wildman–Crippen LogP) is 3.49. The summed E-state index contributed by atoms with van der Waals surface area (Å²) in [6.07, 6.45) is 1.58. The van der Waals surface area contributed by atoms with Crippen LogP contribution in [0.3, 0.4) is 0 Å². The van der Waals surface area contributed by atoms with Crippen molar-refractivity contribution < 1.29 is 22.8 Å². The number of carbonyl (C=O) groups is 2. The molecule has 0 aliphatic heterocycles. The molecule has 0 saturated heterocycles. The van der Waals surface area contributed by atoms with Gasteiger partial charge >= 0.3 is 0 Å². The fraction of sp³-hybridized carbons (Fsp3) is 0.211. The molecule has 3 aromatic rings. The minimum absolute atomic E-state index is 0.0233. The summed E-state index contributed by atoms with van der Waals surface area (Å²) in [5.74, 6) is -5.78. The summed E-state index contributed by atoms with van der Waals surface area (Å²) in [6.45, 7) is 4.55. The summed E-state index contributed by atoms with van der Waals surface area (Å²) < 4.78 is 41.8. The Labute approximate surface area is 158 Å². The number of hydrogen-bond acceptors (Lipinski definition) is 3. The van der Waals surface area contributed by atoms with Crippen LogP contribution < -0.4 is 5.32 Å². The highest BCUT2D eigenvalue weighted by molar-refractivity contribution is 6.09. The highest BCUT2D eigenvalue weighted by Gasteiger charge is 2.25. The average molecular weight is 390 g/mol. The third-order valence-electron chi connectivity index (χ3n) is 4.29. The number of rotatable bonds is 5. The van der Waals surface area contributed by atoms with Crippen molar-refractivity contribution in [3.8, 4) is 0 Å². The molecule has 28 heavy (non-hydrogen) atoms. The van der Waals surface area contributed by atoms with Crippen molar-refractivity contribution in [1.82, 2.24) is 14.3 Å². The standard InChI is InChI=1S/C19H17F3N4O2/c1-3-25(4-2)19(28)17-24-16(13-7-5-6-10-26(13)17)18(27)23-12-9-8-11(20)14(21)15(12)22/h5-10H,3-4H2,1-2H3,(H,23,27). The lowest BCUT2D eigenvalue weighted by Crippen LogP contribution is -2.32. The molecule has 0 atom stereocenters. The quantitative estimate of drug-likeness (QED) is 0.679. The number of halogens is 3. The summed E-state index contributed by atoms with van der Waals surface area (Å²) >= 11 is 0. The van der Waals surface area contributed by atoms with Gasteiger partial charge in [0.15, 0.2) is 23.1 Å².